The van der Waals surface area contributed by atoms with E-state index in [0.29, 0.717) is 34.3 Å². The Bertz CT molecular complexity index is 565. The SMILES string of the molecule is CCNC(=O)CN(CC)C(=O)/C(C)=C/c1c(Cl)cccc1Cl. The first-order valence-electron chi connectivity index (χ1n) is 7.08. The molecule has 2 amide bonds. The molecule has 4 nitrogen and oxygen atoms in total. The summed E-state index contributed by atoms with van der Waals surface area (Å²) in [5.41, 5.74) is 1.08. The number of nitrogens with one attached hydrogen (secondary N) is 1. The van der Waals surface area contributed by atoms with Crippen molar-refractivity contribution in [1.82, 2.24) is 10.2 Å². The van der Waals surface area contributed by atoms with E-state index in [1.54, 1.807) is 31.2 Å². The number of halogens is 2. The van der Waals surface area contributed by atoms with Crippen molar-refractivity contribution in [3.05, 3.63) is 39.4 Å². The van der Waals surface area contributed by atoms with Gasteiger partial charge in [0, 0.05) is 34.3 Å². The molecule has 0 radical (unpaired) electrons. The number of likely N-dealkylation sites (N-methyl/N-ethyl adjacent to an activating group) is 2. The fourth-order valence-electron chi connectivity index (χ4n) is 1.93. The van der Waals surface area contributed by atoms with Crippen molar-refractivity contribution in [2.24, 2.45) is 0 Å². The van der Waals surface area contributed by atoms with Gasteiger partial charge < -0.3 is 10.2 Å². The lowest BCUT2D eigenvalue weighted by molar-refractivity contribution is -0.132. The molecule has 6 heteroatoms. The van der Waals surface area contributed by atoms with E-state index in [9.17, 15) is 9.59 Å². The molecule has 0 aliphatic carbocycles. The molecular formula is C16H20Cl2N2O2. The summed E-state index contributed by atoms with van der Waals surface area (Å²) in [4.78, 5) is 25.5. The molecule has 22 heavy (non-hydrogen) atoms. The maximum absolute atomic E-state index is 12.4. The summed E-state index contributed by atoms with van der Waals surface area (Å²) in [6, 6.07) is 5.17. The Hall–Kier alpha value is -1.52. The number of carbonyl (C=O) groups excluding carboxylic acids is 2. The quantitative estimate of drug-likeness (QED) is 0.805. The summed E-state index contributed by atoms with van der Waals surface area (Å²) in [6.07, 6.45) is 1.65. The minimum atomic E-state index is -0.218. The lowest BCUT2D eigenvalue weighted by Crippen LogP contribution is -2.40. The molecule has 0 bridgehead atoms. The van der Waals surface area contributed by atoms with Crippen LogP contribution in [0.15, 0.2) is 23.8 Å². The first kappa shape index (κ1) is 18.5. The van der Waals surface area contributed by atoms with E-state index in [4.69, 9.17) is 23.2 Å². The van der Waals surface area contributed by atoms with E-state index in [-0.39, 0.29) is 18.4 Å². The molecule has 0 fully saturated rings. The van der Waals surface area contributed by atoms with Gasteiger partial charge in [-0.25, -0.2) is 0 Å². The summed E-state index contributed by atoms with van der Waals surface area (Å²) >= 11 is 12.2. The van der Waals surface area contributed by atoms with Gasteiger partial charge >= 0.3 is 0 Å². The molecule has 0 saturated carbocycles. The summed E-state index contributed by atoms with van der Waals surface area (Å²) < 4.78 is 0. The third-order valence-electron chi connectivity index (χ3n) is 3.08. The number of hydrogen-bond donors (Lipinski definition) is 1. The average Bonchev–Trinajstić information content (AvgIpc) is 2.48. The largest absolute Gasteiger partial charge is 0.355 e. The summed E-state index contributed by atoms with van der Waals surface area (Å²) in [7, 11) is 0. The summed E-state index contributed by atoms with van der Waals surface area (Å²) in [5.74, 6) is -0.397. The number of rotatable bonds is 6. The maximum atomic E-state index is 12.4. The molecule has 0 unspecified atom stereocenters. The highest BCUT2D eigenvalue weighted by Crippen LogP contribution is 2.26. The van der Waals surface area contributed by atoms with E-state index in [1.165, 1.54) is 4.90 Å². The molecule has 120 valence electrons. The number of benzene rings is 1. The summed E-state index contributed by atoms with van der Waals surface area (Å²) in [5, 5.41) is 3.63. The number of hydrogen-bond acceptors (Lipinski definition) is 2. The number of amides is 2. The summed E-state index contributed by atoms with van der Waals surface area (Å²) in [6.45, 7) is 6.35. The van der Waals surface area contributed by atoms with Crippen LogP contribution in [0, 0.1) is 0 Å². The fourth-order valence-corrected chi connectivity index (χ4v) is 2.44. The number of carbonyl (C=O) groups is 2. The van der Waals surface area contributed by atoms with Crippen LogP contribution in [0.25, 0.3) is 6.08 Å². The van der Waals surface area contributed by atoms with E-state index in [2.05, 4.69) is 5.32 Å². The van der Waals surface area contributed by atoms with Crippen LogP contribution in [0.3, 0.4) is 0 Å². The van der Waals surface area contributed by atoms with E-state index >= 15 is 0 Å². The molecule has 0 aliphatic rings. The van der Waals surface area contributed by atoms with Crippen LogP contribution >= 0.6 is 23.2 Å². The first-order chi connectivity index (χ1) is 10.4. The molecule has 1 aromatic rings. The zero-order valence-corrected chi connectivity index (χ0v) is 14.5. The van der Waals surface area contributed by atoms with E-state index in [0.717, 1.165) is 0 Å². The van der Waals surface area contributed by atoms with Gasteiger partial charge in [-0.3, -0.25) is 9.59 Å². The Labute approximate surface area is 141 Å². The minimum Gasteiger partial charge on any atom is -0.355 e. The normalized spacial score (nSPS) is 11.2. The standard InChI is InChI=1S/C16H20Cl2N2O2/c1-4-19-15(21)10-20(5-2)16(22)11(3)9-12-13(17)7-6-8-14(12)18/h6-9H,4-5,10H2,1-3H3,(H,19,21)/b11-9+. The maximum Gasteiger partial charge on any atom is 0.249 e. The van der Waals surface area contributed by atoms with Gasteiger partial charge in [0.2, 0.25) is 11.8 Å². The lowest BCUT2D eigenvalue weighted by atomic mass is 10.1. The highest BCUT2D eigenvalue weighted by atomic mass is 35.5. The second-order valence-electron chi connectivity index (χ2n) is 4.74. The third-order valence-corrected chi connectivity index (χ3v) is 3.73. The van der Waals surface area contributed by atoms with Crippen LogP contribution in [-0.2, 0) is 9.59 Å². The molecule has 0 aromatic heterocycles. The number of nitrogens with zero attached hydrogens (tertiary/aromatic N) is 1. The van der Waals surface area contributed by atoms with Gasteiger partial charge in [0.15, 0.2) is 0 Å². The minimum absolute atomic E-state index is 0.0323. The highest BCUT2D eigenvalue weighted by molar-refractivity contribution is 6.37. The molecule has 0 spiro atoms. The van der Waals surface area contributed by atoms with Crippen LogP contribution in [0.1, 0.15) is 26.3 Å². The molecule has 1 N–H and O–H groups in total. The van der Waals surface area contributed by atoms with Gasteiger partial charge in [0.1, 0.15) is 0 Å². The Morgan fingerprint density at radius 3 is 2.32 bits per heavy atom. The zero-order chi connectivity index (χ0) is 16.7. The second-order valence-corrected chi connectivity index (χ2v) is 5.55. The first-order valence-corrected chi connectivity index (χ1v) is 7.84. The van der Waals surface area contributed by atoms with Gasteiger partial charge in [-0.15, -0.1) is 0 Å². The predicted octanol–water partition coefficient (Wildman–Crippen LogP) is 3.38. The van der Waals surface area contributed by atoms with Crippen molar-refractivity contribution in [1.29, 1.82) is 0 Å². The van der Waals surface area contributed by atoms with Crippen molar-refractivity contribution in [3.8, 4) is 0 Å². The molecular weight excluding hydrogens is 323 g/mol. The van der Waals surface area contributed by atoms with Crippen molar-refractivity contribution in [2.45, 2.75) is 20.8 Å². The third kappa shape index (κ3) is 5.04. The van der Waals surface area contributed by atoms with Crippen LogP contribution in [-0.4, -0.2) is 36.3 Å². The van der Waals surface area contributed by atoms with Gasteiger partial charge in [0.05, 0.1) is 6.54 Å². The van der Waals surface area contributed by atoms with Gasteiger partial charge in [-0.05, 0) is 39.0 Å². The van der Waals surface area contributed by atoms with Gasteiger partial charge in [0.25, 0.3) is 0 Å². The second kappa shape index (κ2) is 8.81. The Morgan fingerprint density at radius 2 is 1.82 bits per heavy atom. The zero-order valence-electron chi connectivity index (χ0n) is 13.0. The molecule has 0 atom stereocenters. The monoisotopic (exact) mass is 342 g/mol. The van der Waals surface area contributed by atoms with E-state index in [1.807, 2.05) is 13.8 Å². The Balaban J connectivity index is 2.94. The molecule has 0 heterocycles. The lowest BCUT2D eigenvalue weighted by Gasteiger charge is -2.20. The van der Waals surface area contributed by atoms with Crippen LogP contribution in [0.5, 0.6) is 0 Å². The van der Waals surface area contributed by atoms with E-state index < -0.39 is 0 Å². The van der Waals surface area contributed by atoms with Crippen molar-refractivity contribution >= 4 is 41.1 Å². The van der Waals surface area contributed by atoms with Crippen LogP contribution in [0.4, 0.5) is 0 Å². The Morgan fingerprint density at radius 1 is 1.23 bits per heavy atom. The van der Waals surface area contributed by atoms with Crippen molar-refractivity contribution < 1.29 is 9.59 Å². The smallest absolute Gasteiger partial charge is 0.249 e. The topological polar surface area (TPSA) is 49.4 Å². The van der Waals surface area contributed by atoms with Gasteiger partial charge in [-0.2, -0.15) is 0 Å². The molecule has 0 aliphatic heterocycles. The fraction of sp³-hybridized carbons (Fsp3) is 0.375. The van der Waals surface area contributed by atoms with Crippen LogP contribution < -0.4 is 5.32 Å². The molecule has 0 saturated heterocycles. The average molecular weight is 343 g/mol. The van der Waals surface area contributed by atoms with Gasteiger partial charge in [-0.1, -0.05) is 29.3 Å². The highest BCUT2D eigenvalue weighted by Gasteiger charge is 2.17. The Kier molecular flexibility index (Phi) is 7.42. The predicted molar refractivity (Wildman–Crippen MR) is 91.1 cm³/mol. The molecule has 1 aromatic carbocycles. The van der Waals surface area contributed by atoms with Crippen molar-refractivity contribution in [2.75, 3.05) is 19.6 Å². The van der Waals surface area contributed by atoms with Crippen LogP contribution in [0.2, 0.25) is 10.0 Å². The molecule has 1 rings (SSSR count). The van der Waals surface area contributed by atoms with Crippen molar-refractivity contribution in [3.63, 3.8) is 0 Å².